The number of fused-ring (bicyclic) bond motifs is 1. The number of rotatable bonds is 8. The highest BCUT2D eigenvalue weighted by atomic mass is 19.1. The zero-order valence-corrected chi connectivity index (χ0v) is 18.7. The molecule has 2 heterocycles. The molecule has 0 saturated carbocycles. The normalized spacial score (nSPS) is 15.7. The topological polar surface area (TPSA) is 92.9 Å². The summed E-state index contributed by atoms with van der Waals surface area (Å²) in [5.41, 5.74) is 2.27. The van der Waals surface area contributed by atoms with E-state index in [1.54, 1.807) is 23.1 Å². The summed E-state index contributed by atoms with van der Waals surface area (Å²) in [7, 11) is 4.50. The number of H-pyrrole nitrogens is 1. The second kappa shape index (κ2) is 9.40. The van der Waals surface area contributed by atoms with Crippen molar-refractivity contribution in [3.63, 3.8) is 0 Å². The summed E-state index contributed by atoms with van der Waals surface area (Å²) in [5.74, 6) is 0.164. The summed E-state index contributed by atoms with van der Waals surface area (Å²) in [6.07, 6.45) is 2.54. The van der Waals surface area contributed by atoms with Crippen LogP contribution in [0.5, 0.6) is 17.2 Å². The molecule has 1 fully saturated rings. The predicted octanol–water partition coefficient (Wildman–Crippen LogP) is 3.36. The number of hydrogen-bond donors (Lipinski definition) is 2. The highest BCUT2D eigenvalue weighted by Gasteiger charge is 2.34. The van der Waals surface area contributed by atoms with Crippen molar-refractivity contribution in [1.82, 2.24) is 9.88 Å². The molecule has 0 radical (unpaired) electrons. The lowest BCUT2D eigenvalue weighted by atomic mass is 10.1. The van der Waals surface area contributed by atoms with E-state index in [1.807, 2.05) is 6.20 Å². The number of nitrogens with zero attached hydrogens (tertiary/aromatic N) is 1. The largest absolute Gasteiger partial charge is 0.493 e. The zero-order valence-electron chi connectivity index (χ0n) is 18.7. The van der Waals surface area contributed by atoms with Gasteiger partial charge in [-0.1, -0.05) is 0 Å². The average molecular weight is 455 g/mol. The molecule has 1 saturated heterocycles. The first-order valence-corrected chi connectivity index (χ1v) is 10.6. The first-order chi connectivity index (χ1) is 15.9. The summed E-state index contributed by atoms with van der Waals surface area (Å²) in [5, 5.41) is 3.65. The zero-order chi connectivity index (χ0) is 23.5. The molecule has 2 amide bonds. The van der Waals surface area contributed by atoms with Crippen LogP contribution in [0.4, 0.5) is 10.1 Å². The second-order valence-corrected chi connectivity index (χ2v) is 7.90. The maximum atomic E-state index is 13.6. The summed E-state index contributed by atoms with van der Waals surface area (Å²) in [4.78, 5) is 30.2. The van der Waals surface area contributed by atoms with Crippen molar-refractivity contribution in [3.8, 4) is 17.2 Å². The van der Waals surface area contributed by atoms with Gasteiger partial charge in [0.15, 0.2) is 11.5 Å². The van der Waals surface area contributed by atoms with Gasteiger partial charge >= 0.3 is 0 Å². The standard InChI is InChI=1S/C24H26FN3O5/c1-31-20-10-17(11-21(32-2)23(20)33-3)27-24(30)15-8-22(29)28(13-15)7-6-14-12-26-19-5-4-16(25)9-18(14)19/h4-5,9-12,15,26H,6-8,13H2,1-3H3,(H,27,30)/t15-/m1/s1. The fourth-order valence-electron chi connectivity index (χ4n) is 4.17. The van der Waals surface area contributed by atoms with E-state index < -0.39 is 5.92 Å². The Morgan fingerprint density at radius 3 is 2.55 bits per heavy atom. The molecule has 1 aliphatic rings. The molecule has 1 aromatic heterocycles. The van der Waals surface area contributed by atoms with Crippen molar-refractivity contribution in [2.45, 2.75) is 12.8 Å². The first kappa shape index (κ1) is 22.4. The second-order valence-electron chi connectivity index (χ2n) is 7.90. The third kappa shape index (κ3) is 4.57. The van der Waals surface area contributed by atoms with Crippen LogP contribution in [0.1, 0.15) is 12.0 Å². The number of carbonyl (C=O) groups excluding carboxylic acids is 2. The van der Waals surface area contributed by atoms with Crippen LogP contribution in [0.2, 0.25) is 0 Å². The number of anilines is 1. The Hall–Kier alpha value is -3.75. The number of methoxy groups -OCH3 is 3. The van der Waals surface area contributed by atoms with Gasteiger partial charge in [-0.25, -0.2) is 4.39 Å². The molecular weight excluding hydrogens is 429 g/mol. The smallest absolute Gasteiger partial charge is 0.229 e. The van der Waals surface area contributed by atoms with Crippen LogP contribution < -0.4 is 19.5 Å². The Balaban J connectivity index is 1.40. The molecule has 4 rings (SSSR count). The van der Waals surface area contributed by atoms with Crippen LogP contribution in [0.15, 0.2) is 36.5 Å². The number of likely N-dealkylation sites (tertiary alicyclic amines) is 1. The predicted molar refractivity (Wildman–Crippen MR) is 121 cm³/mol. The number of halogens is 1. The molecule has 0 aliphatic carbocycles. The van der Waals surface area contributed by atoms with Gasteiger partial charge in [-0.2, -0.15) is 0 Å². The summed E-state index contributed by atoms with van der Waals surface area (Å²) in [6.45, 7) is 0.780. The highest BCUT2D eigenvalue weighted by Crippen LogP contribution is 2.40. The fraction of sp³-hybridized carbons (Fsp3) is 0.333. The van der Waals surface area contributed by atoms with E-state index in [0.29, 0.717) is 42.4 Å². The lowest BCUT2D eigenvalue weighted by molar-refractivity contribution is -0.128. The molecule has 0 spiro atoms. The minimum absolute atomic E-state index is 0.0777. The van der Waals surface area contributed by atoms with Gasteiger partial charge in [-0.05, 0) is 30.2 Å². The molecule has 0 unspecified atom stereocenters. The third-order valence-electron chi connectivity index (χ3n) is 5.90. The van der Waals surface area contributed by atoms with E-state index in [-0.39, 0.29) is 24.1 Å². The minimum atomic E-state index is -0.475. The van der Waals surface area contributed by atoms with E-state index in [1.165, 1.54) is 33.5 Å². The lowest BCUT2D eigenvalue weighted by Gasteiger charge is -2.17. The van der Waals surface area contributed by atoms with Gasteiger partial charge in [-0.15, -0.1) is 0 Å². The third-order valence-corrected chi connectivity index (χ3v) is 5.90. The van der Waals surface area contributed by atoms with Gasteiger partial charge in [0.25, 0.3) is 0 Å². The van der Waals surface area contributed by atoms with Crippen LogP contribution in [0.3, 0.4) is 0 Å². The molecule has 174 valence electrons. The van der Waals surface area contributed by atoms with Gasteiger partial charge in [0.2, 0.25) is 17.6 Å². The maximum absolute atomic E-state index is 13.6. The SMILES string of the molecule is COc1cc(NC(=O)[C@@H]2CC(=O)N(CCc3c[nH]c4ccc(F)cc34)C2)cc(OC)c1OC. The molecular formula is C24H26FN3O5. The fourth-order valence-corrected chi connectivity index (χ4v) is 4.17. The summed E-state index contributed by atoms with van der Waals surface area (Å²) in [6, 6.07) is 7.87. The first-order valence-electron chi connectivity index (χ1n) is 10.6. The monoisotopic (exact) mass is 455 g/mol. The van der Waals surface area contributed by atoms with Crippen LogP contribution in [0, 0.1) is 11.7 Å². The van der Waals surface area contributed by atoms with E-state index in [0.717, 1.165) is 16.5 Å². The van der Waals surface area contributed by atoms with Crippen molar-refractivity contribution < 1.29 is 28.2 Å². The van der Waals surface area contributed by atoms with Crippen molar-refractivity contribution in [1.29, 1.82) is 0 Å². The average Bonchev–Trinajstić information content (AvgIpc) is 3.39. The number of aromatic amines is 1. The van der Waals surface area contributed by atoms with Crippen LogP contribution in [0.25, 0.3) is 10.9 Å². The van der Waals surface area contributed by atoms with Crippen LogP contribution >= 0.6 is 0 Å². The van der Waals surface area contributed by atoms with Gasteiger partial charge in [0.05, 0.1) is 27.2 Å². The van der Waals surface area contributed by atoms with Crippen molar-refractivity contribution in [2.24, 2.45) is 5.92 Å². The molecule has 3 aromatic rings. The molecule has 9 heteroatoms. The quantitative estimate of drug-likeness (QED) is 0.543. The van der Waals surface area contributed by atoms with Gasteiger partial charge in [0, 0.05) is 54.4 Å². The lowest BCUT2D eigenvalue weighted by Crippen LogP contribution is -2.30. The molecule has 8 nitrogen and oxygen atoms in total. The Morgan fingerprint density at radius 1 is 1.15 bits per heavy atom. The molecule has 33 heavy (non-hydrogen) atoms. The Labute approximate surface area is 190 Å². The van der Waals surface area contributed by atoms with E-state index in [4.69, 9.17) is 14.2 Å². The highest BCUT2D eigenvalue weighted by molar-refractivity contribution is 5.97. The van der Waals surface area contributed by atoms with E-state index in [2.05, 4.69) is 10.3 Å². The minimum Gasteiger partial charge on any atom is -0.493 e. The number of hydrogen-bond acceptors (Lipinski definition) is 5. The van der Waals surface area contributed by atoms with Crippen molar-refractivity contribution >= 4 is 28.4 Å². The Kier molecular flexibility index (Phi) is 6.39. The van der Waals surface area contributed by atoms with Crippen LogP contribution in [-0.4, -0.2) is 56.1 Å². The Bertz CT molecular complexity index is 1170. The number of amides is 2. The van der Waals surface area contributed by atoms with Crippen molar-refractivity contribution in [2.75, 3.05) is 39.7 Å². The van der Waals surface area contributed by atoms with E-state index in [9.17, 15) is 14.0 Å². The number of aromatic nitrogens is 1. The Morgan fingerprint density at radius 2 is 1.88 bits per heavy atom. The number of nitrogens with one attached hydrogen (secondary N) is 2. The van der Waals surface area contributed by atoms with Gasteiger partial charge in [-0.3, -0.25) is 9.59 Å². The molecule has 0 bridgehead atoms. The number of ether oxygens (including phenoxy) is 3. The summed E-state index contributed by atoms with van der Waals surface area (Å²) >= 11 is 0. The molecule has 2 aromatic carbocycles. The van der Waals surface area contributed by atoms with Gasteiger partial charge < -0.3 is 29.4 Å². The molecule has 1 atom stereocenters. The number of benzene rings is 2. The van der Waals surface area contributed by atoms with Gasteiger partial charge in [0.1, 0.15) is 5.82 Å². The van der Waals surface area contributed by atoms with Crippen molar-refractivity contribution in [3.05, 3.63) is 47.9 Å². The molecule has 2 N–H and O–H groups in total. The number of carbonyl (C=O) groups is 2. The van der Waals surface area contributed by atoms with E-state index >= 15 is 0 Å². The summed E-state index contributed by atoms with van der Waals surface area (Å²) < 4.78 is 29.6. The molecule has 1 aliphatic heterocycles. The van der Waals surface area contributed by atoms with Crippen LogP contribution in [-0.2, 0) is 16.0 Å². The maximum Gasteiger partial charge on any atom is 0.229 e.